The maximum atomic E-state index is 10.5. The van der Waals surface area contributed by atoms with Crippen LogP contribution in [0.4, 0.5) is 0 Å². The van der Waals surface area contributed by atoms with E-state index in [1.807, 2.05) is 24.3 Å². The first kappa shape index (κ1) is 9.67. The summed E-state index contributed by atoms with van der Waals surface area (Å²) < 4.78 is 0. The molecule has 0 amide bonds. The Morgan fingerprint density at radius 2 is 1.80 bits per heavy atom. The topological polar surface area (TPSA) is 40.9 Å². The second-order valence-corrected chi connectivity index (χ2v) is 3.81. The lowest BCUT2D eigenvalue weighted by Crippen LogP contribution is -2.19. The number of hydrogen-bond donors (Lipinski definition) is 0. The molecule has 74 valence electrons. The van der Waals surface area contributed by atoms with Gasteiger partial charge in [0.15, 0.2) is 0 Å². The van der Waals surface area contributed by atoms with Gasteiger partial charge in [0.05, 0.1) is 11.5 Å². The number of rotatable bonds is 2. The summed E-state index contributed by atoms with van der Waals surface area (Å²) >= 11 is 0. The van der Waals surface area contributed by atoms with Crippen LogP contribution < -0.4 is 0 Å². The Labute approximate surface area is 88.8 Å². The van der Waals surface area contributed by atoms with Crippen LogP contribution in [0.15, 0.2) is 36.4 Å². The second kappa shape index (κ2) is 3.70. The number of allylic oxidation sites excluding steroid dienone is 2. The van der Waals surface area contributed by atoms with Crippen molar-refractivity contribution in [1.82, 2.24) is 0 Å². The maximum absolute atomic E-state index is 10.5. The number of carbonyl (C=O) groups excluding carboxylic acids is 1. The molecule has 2 nitrogen and oxygen atoms in total. The summed E-state index contributed by atoms with van der Waals surface area (Å²) in [5.41, 5.74) is 1.25. The molecule has 0 spiro atoms. The van der Waals surface area contributed by atoms with Crippen molar-refractivity contribution in [2.75, 3.05) is 0 Å². The number of nitrogens with zero attached hydrogens (tertiary/aromatic N) is 1. The Bertz CT molecular complexity index is 429. The smallest absolute Gasteiger partial charge is 0.150 e. The monoisotopic (exact) mass is 197 g/mol. The van der Waals surface area contributed by atoms with Gasteiger partial charge in [0.25, 0.3) is 0 Å². The highest BCUT2D eigenvalue weighted by atomic mass is 16.1. The highest BCUT2D eigenvalue weighted by Crippen LogP contribution is 2.36. The van der Waals surface area contributed by atoms with Crippen molar-refractivity contribution in [2.45, 2.75) is 18.3 Å². The van der Waals surface area contributed by atoms with E-state index in [0.717, 1.165) is 24.7 Å². The van der Waals surface area contributed by atoms with Crippen LogP contribution in [-0.2, 0) is 5.41 Å². The molecule has 0 atom stereocenters. The standard InChI is InChI=1S/C13H11NO/c14-10-13(7-1-2-8-13)12-5-3-11(9-15)4-6-12/h1-6,9H,7-8H2. The predicted octanol–water partition coefficient (Wildman–Crippen LogP) is 2.61. The predicted molar refractivity (Wildman–Crippen MR) is 57.5 cm³/mol. The van der Waals surface area contributed by atoms with E-state index in [0.29, 0.717) is 5.56 Å². The zero-order valence-corrected chi connectivity index (χ0v) is 8.31. The third-order valence-electron chi connectivity index (χ3n) is 2.91. The molecule has 15 heavy (non-hydrogen) atoms. The zero-order chi connectivity index (χ0) is 10.7. The summed E-state index contributed by atoms with van der Waals surface area (Å²) in [6, 6.07) is 9.66. The maximum Gasteiger partial charge on any atom is 0.150 e. The van der Waals surface area contributed by atoms with Crippen LogP contribution in [0.2, 0.25) is 0 Å². The molecule has 0 unspecified atom stereocenters. The summed E-state index contributed by atoms with van der Waals surface area (Å²) in [7, 11) is 0. The van der Waals surface area contributed by atoms with E-state index in [9.17, 15) is 10.1 Å². The third-order valence-corrected chi connectivity index (χ3v) is 2.91. The van der Waals surface area contributed by atoms with Crippen molar-refractivity contribution in [3.63, 3.8) is 0 Å². The van der Waals surface area contributed by atoms with Gasteiger partial charge in [-0.2, -0.15) is 5.26 Å². The van der Waals surface area contributed by atoms with Crippen molar-refractivity contribution in [1.29, 1.82) is 5.26 Å². The van der Waals surface area contributed by atoms with E-state index < -0.39 is 5.41 Å². The lowest BCUT2D eigenvalue weighted by Gasteiger charge is -2.20. The van der Waals surface area contributed by atoms with Crippen molar-refractivity contribution >= 4 is 6.29 Å². The molecule has 1 aliphatic rings. The highest BCUT2D eigenvalue weighted by molar-refractivity contribution is 5.74. The molecule has 1 aromatic carbocycles. The lowest BCUT2D eigenvalue weighted by atomic mass is 9.79. The average Bonchev–Trinajstić information content (AvgIpc) is 2.79. The van der Waals surface area contributed by atoms with Gasteiger partial charge in [-0.1, -0.05) is 36.4 Å². The Morgan fingerprint density at radius 3 is 2.27 bits per heavy atom. The lowest BCUT2D eigenvalue weighted by molar-refractivity contribution is 0.112. The molecule has 0 aliphatic heterocycles. The third kappa shape index (κ3) is 1.57. The first-order valence-corrected chi connectivity index (χ1v) is 4.93. The largest absolute Gasteiger partial charge is 0.298 e. The molecule has 0 fully saturated rings. The summed E-state index contributed by atoms with van der Waals surface area (Å²) in [6.45, 7) is 0. The number of nitriles is 1. The van der Waals surface area contributed by atoms with Crippen LogP contribution in [0, 0.1) is 11.3 Å². The summed E-state index contributed by atoms with van der Waals surface area (Å²) in [5.74, 6) is 0. The van der Waals surface area contributed by atoms with Gasteiger partial charge in [0, 0.05) is 5.56 Å². The molecule has 2 rings (SSSR count). The van der Waals surface area contributed by atoms with Gasteiger partial charge < -0.3 is 0 Å². The fourth-order valence-electron chi connectivity index (χ4n) is 1.92. The first-order chi connectivity index (χ1) is 7.30. The summed E-state index contributed by atoms with van der Waals surface area (Å²) in [5, 5.41) is 9.24. The Balaban J connectivity index is 2.36. The van der Waals surface area contributed by atoms with Gasteiger partial charge in [-0.3, -0.25) is 4.79 Å². The molecule has 1 aromatic rings. The molecule has 0 saturated heterocycles. The fraction of sp³-hybridized carbons (Fsp3) is 0.231. The van der Waals surface area contributed by atoms with Crippen LogP contribution >= 0.6 is 0 Å². The van der Waals surface area contributed by atoms with Gasteiger partial charge in [0.1, 0.15) is 6.29 Å². The van der Waals surface area contributed by atoms with Crippen molar-refractivity contribution < 1.29 is 4.79 Å². The van der Waals surface area contributed by atoms with Crippen molar-refractivity contribution in [3.8, 4) is 6.07 Å². The molecule has 1 aliphatic carbocycles. The Morgan fingerprint density at radius 1 is 1.20 bits per heavy atom. The molecule has 0 N–H and O–H groups in total. The summed E-state index contributed by atoms with van der Waals surface area (Å²) in [4.78, 5) is 10.5. The number of aldehydes is 1. The van der Waals surface area contributed by atoms with E-state index in [-0.39, 0.29) is 0 Å². The van der Waals surface area contributed by atoms with Crippen LogP contribution in [0.5, 0.6) is 0 Å². The molecule has 2 heteroatoms. The Hall–Kier alpha value is -1.88. The molecular formula is C13H11NO. The minimum absolute atomic E-state index is 0.401. The van der Waals surface area contributed by atoms with Crippen LogP contribution in [-0.4, -0.2) is 6.29 Å². The molecule has 0 radical (unpaired) electrons. The van der Waals surface area contributed by atoms with Crippen molar-refractivity contribution in [3.05, 3.63) is 47.5 Å². The molecule has 0 saturated carbocycles. The summed E-state index contributed by atoms with van der Waals surface area (Å²) in [6.07, 6.45) is 6.43. The average molecular weight is 197 g/mol. The number of hydrogen-bond acceptors (Lipinski definition) is 2. The number of benzene rings is 1. The van der Waals surface area contributed by atoms with Gasteiger partial charge in [-0.15, -0.1) is 0 Å². The van der Waals surface area contributed by atoms with E-state index in [4.69, 9.17) is 0 Å². The molecule has 0 aromatic heterocycles. The molecule has 0 bridgehead atoms. The fourth-order valence-corrected chi connectivity index (χ4v) is 1.92. The molecular weight excluding hydrogens is 186 g/mol. The van der Waals surface area contributed by atoms with Crippen LogP contribution in [0.3, 0.4) is 0 Å². The molecule has 0 heterocycles. The van der Waals surface area contributed by atoms with Gasteiger partial charge in [0.2, 0.25) is 0 Å². The van der Waals surface area contributed by atoms with E-state index in [2.05, 4.69) is 6.07 Å². The normalized spacial score (nSPS) is 17.3. The van der Waals surface area contributed by atoms with Crippen LogP contribution in [0.1, 0.15) is 28.8 Å². The minimum atomic E-state index is -0.401. The van der Waals surface area contributed by atoms with E-state index in [1.165, 1.54) is 0 Å². The van der Waals surface area contributed by atoms with E-state index in [1.54, 1.807) is 12.1 Å². The number of carbonyl (C=O) groups is 1. The zero-order valence-electron chi connectivity index (χ0n) is 8.31. The van der Waals surface area contributed by atoms with E-state index >= 15 is 0 Å². The van der Waals surface area contributed by atoms with Gasteiger partial charge in [-0.25, -0.2) is 0 Å². The first-order valence-electron chi connectivity index (χ1n) is 4.93. The second-order valence-electron chi connectivity index (χ2n) is 3.81. The Kier molecular flexibility index (Phi) is 2.39. The quantitative estimate of drug-likeness (QED) is 0.540. The minimum Gasteiger partial charge on any atom is -0.298 e. The highest BCUT2D eigenvalue weighted by Gasteiger charge is 2.32. The van der Waals surface area contributed by atoms with Gasteiger partial charge >= 0.3 is 0 Å². The van der Waals surface area contributed by atoms with Crippen LogP contribution in [0.25, 0.3) is 0 Å². The SMILES string of the molecule is N#CC1(c2ccc(C=O)cc2)CC=CC1. The van der Waals surface area contributed by atoms with Gasteiger partial charge in [-0.05, 0) is 18.4 Å². The van der Waals surface area contributed by atoms with Crippen molar-refractivity contribution in [2.24, 2.45) is 0 Å².